The number of amides is 2. The minimum Gasteiger partial charge on any atom is -0.342 e. The number of anilines is 1. The molecule has 0 aliphatic carbocycles. The second kappa shape index (κ2) is 9.03. The zero-order chi connectivity index (χ0) is 24.7. The first kappa shape index (κ1) is 23.4. The fourth-order valence-corrected chi connectivity index (χ4v) is 5.01. The summed E-state index contributed by atoms with van der Waals surface area (Å²) in [6.45, 7) is 4.93. The molecule has 0 spiro atoms. The normalized spacial score (nSPS) is 17.7. The average molecular weight is 484 g/mol. The second-order valence-corrected chi connectivity index (χ2v) is 9.34. The Balaban J connectivity index is 1.21. The number of halogens is 3. The number of rotatable bonds is 4. The molecule has 2 amide bonds. The summed E-state index contributed by atoms with van der Waals surface area (Å²) < 4.78 is 38.6. The fourth-order valence-electron chi connectivity index (χ4n) is 5.01. The van der Waals surface area contributed by atoms with Gasteiger partial charge >= 0.3 is 12.2 Å². The van der Waals surface area contributed by atoms with Crippen LogP contribution in [0, 0.1) is 6.92 Å². The van der Waals surface area contributed by atoms with Gasteiger partial charge in [-0.25, -0.2) is 9.78 Å². The van der Waals surface area contributed by atoms with E-state index in [0.717, 1.165) is 55.1 Å². The highest BCUT2D eigenvalue weighted by Crippen LogP contribution is 2.32. The molecule has 2 aromatic carbocycles. The molecule has 0 radical (unpaired) electrons. The summed E-state index contributed by atoms with van der Waals surface area (Å²) in [4.78, 5) is 26.9. The van der Waals surface area contributed by atoms with E-state index in [0.29, 0.717) is 24.5 Å². The van der Waals surface area contributed by atoms with Crippen LogP contribution >= 0.6 is 0 Å². The topological polar surface area (TPSA) is 55.5 Å². The third-order valence-electron chi connectivity index (χ3n) is 7.07. The molecule has 2 aliphatic heterocycles. The van der Waals surface area contributed by atoms with Crippen molar-refractivity contribution >= 4 is 11.7 Å². The number of hydrogen-bond acceptors (Lipinski definition) is 3. The lowest BCUT2D eigenvalue weighted by atomic mass is 10.0. The number of nitrogens with zero attached hydrogens (tertiary/aromatic N) is 4. The predicted molar refractivity (Wildman–Crippen MR) is 128 cm³/mol. The molecule has 3 aromatic rings. The van der Waals surface area contributed by atoms with Gasteiger partial charge in [-0.2, -0.15) is 13.2 Å². The number of carbonyl (C=O) groups is 1. The highest BCUT2D eigenvalue weighted by Gasteiger charge is 2.34. The summed E-state index contributed by atoms with van der Waals surface area (Å²) in [6, 6.07) is 13.3. The number of nitrogens with one attached hydrogen (secondary N) is 1. The van der Waals surface area contributed by atoms with Crippen LogP contribution in [-0.2, 0) is 19.3 Å². The molecule has 1 fully saturated rings. The summed E-state index contributed by atoms with van der Waals surface area (Å²) in [7, 11) is 1.83. The lowest BCUT2D eigenvalue weighted by Gasteiger charge is -2.43. The molecule has 2 aliphatic rings. The lowest BCUT2D eigenvalue weighted by molar-refractivity contribution is -0.137. The van der Waals surface area contributed by atoms with Crippen LogP contribution in [-0.4, -0.2) is 52.0 Å². The number of alkyl halides is 3. The Morgan fingerprint density at radius 1 is 1.06 bits per heavy atom. The van der Waals surface area contributed by atoms with E-state index >= 15 is 0 Å². The molecule has 0 bridgehead atoms. The van der Waals surface area contributed by atoms with Gasteiger partial charge < -0.3 is 9.88 Å². The van der Waals surface area contributed by atoms with Gasteiger partial charge in [0.2, 0.25) is 0 Å². The smallest absolute Gasteiger partial charge is 0.342 e. The van der Waals surface area contributed by atoms with E-state index in [1.165, 1.54) is 17.7 Å². The first-order valence-electron chi connectivity index (χ1n) is 11.8. The first-order chi connectivity index (χ1) is 16.7. The van der Waals surface area contributed by atoms with Crippen molar-refractivity contribution < 1.29 is 18.0 Å². The first-order valence-corrected chi connectivity index (χ1v) is 11.8. The van der Waals surface area contributed by atoms with Crippen LogP contribution in [0.2, 0.25) is 0 Å². The van der Waals surface area contributed by atoms with Crippen molar-refractivity contribution in [2.24, 2.45) is 0 Å². The summed E-state index contributed by atoms with van der Waals surface area (Å²) in [5, 5.41) is 0. The number of H-pyrrole nitrogens is 1. The molecule has 0 unspecified atom stereocenters. The van der Waals surface area contributed by atoms with Crippen LogP contribution in [0.3, 0.4) is 0 Å². The Morgan fingerprint density at radius 3 is 2.43 bits per heavy atom. The van der Waals surface area contributed by atoms with Gasteiger partial charge in [0.1, 0.15) is 5.82 Å². The highest BCUT2D eigenvalue weighted by atomic mass is 19.4. The van der Waals surface area contributed by atoms with Crippen LogP contribution in [0.4, 0.5) is 23.7 Å². The van der Waals surface area contributed by atoms with Crippen molar-refractivity contribution in [3.63, 3.8) is 0 Å². The molecular weight excluding hydrogens is 455 g/mol. The van der Waals surface area contributed by atoms with Gasteiger partial charge in [0.05, 0.1) is 16.9 Å². The zero-order valence-corrected chi connectivity index (χ0v) is 19.8. The number of carbonyl (C=O) groups excluding carboxylic acids is 1. The Labute approximate surface area is 202 Å². The van der Waals surface area contributed by atoms with Crippen molar-refractivity contribution in [2.75, 3.05) is 25.0 Å². The number of likely N-dealkylation sites (tertiary alicyclic amines) is 1. The number of para-hydroxylation sites is 1. The van der Waals surface area contributed by atoms with Crippen molar-refractivity contribution in [1.82, 2.24) is 19.8 Å². The largest absolute Gasteiger partial charge is 0.416 e. The molecule has 1 aromatic heterocycles. The number of aromatic nitrogens is 2. The third-order valence-corrected chi connectivity index (χ3v) is 7.07. The zero-order valence-electron chi connectivity index (χ0n) is 19.8. The number of fused-ring (bicyclic) bond motifs is 1. The van der Waals surface area contributed by atoms with Gasteiger partial charge in [0.25, 0.3) is 0 Å². The standard InChI is InChI=1S/C26H28F3N5O/c1-17-22(31-24(30-17)18-7-9-20(10-8-18)26(27,28)29)16-33-13-11-21(12-14-33)34-15-19-5-3-4-6-23(19)32(2)25(34)35/h3-10,21H,11-16H2,1-2H3,(H,30,31). The number of imidazole rings is 1. The van der Waals surface area contributed by atoms with E-state index in [1.54, 1.807) is 4.90 Å². The maximum absolute atomic E-state index is 13.0. The Bertz CT molecular complexity index is 1210. The van der Waals surface area contributed by atoms with E-state index in [2.05, 4.69) is 20.9 Å². The number of piperidine rings is 1. The maximum Gasteiger partial charge on any atom is 0.416 e. The van der Waals surface area contributed by atoms with Crippen LogP contribution in [0.5, 0.6) is 0 Å². The molecule has 0 saturated carbocycles. The highest BCUT2D eigenvalue weighted by molar-refractivity contribution is 5.94. The molecule has 1 saturated heterocycles. The van der Waals surface area contributed by atoms with E-state index < -0.39 is 11.7 Å². The van der Waals surface area contributed by atoms with Crippen molar-refractivity contribution in [3.05, 3.63) is 71.0 Å². The number of urea groups is 1. The van der Waals surface area contributed by atoms with Gasteiger partial charge in [0.15, 0.2) is 0 Å². The van der Waals surface area contributed by atoms with Gasteiger partial charge in [-0.3, -0.25) is 9.80 Å². The minimum atomic E-state index is -4.35. The van der Waals surface area contributed by atoms with Gasteiger partial charge in [-0.05, 0) is 43.5 Å². The molecular formula is C26H28F3N5O. The van der Waals surface area contributed by atoms with E-state index in [1.807, 2.05) is 37.1 Å². The van der Waals surface area contributed by atoms with Gasteiger partial charge in [-0.1, -0.05) is 30.3 Å². The summed E-state index contributed by atoms with van der Waals surface area (Å²) >= 11 is 0. The van der Waals surface area contributed by atoms with Gasteiger partial charge in [0, 0.05) is 50.5 Å². The molecule has 6 nitrogen and oxygen atoms in total. The molecule has 3 heterocycles. The minimum absolute atomic E-state index is 0.0477. The van der Waals surface area contributed by atoms with Crippen LogP contribution < -0.4 is 4.90 Å². The summed E-state index contributed by atoms with van der Waals surface area (Å²) in [5.74, 6) is 0.571. The predicted octanol–water partition coefficient (Wildman–Crippen LogP) is 5.44. The van der Waals surface area contributed by atoms with Crippen LogP contribution in [0.1, 0.15) is 35.4 Å². The molecule has 184 valence electrons. The second-order valence-electron chi connectivity index (χ2n) is 9.34. The van der Waals surface area contributed by atoms with Crippen LogP contribution in [0.25, 0.3) is 11.4 Å². The Hall–Kier alpha value is -3.33. The SMILES string of the molecule is Cc1[nH]c(-c2ccc(C(F)(F)F)cc2)nc1CN1CCC(N2Cc3ccccc3N(C)C2=O)CC1. The molecule has 1 N–H and O–H groups in total. The quantitative estimate of drug-likeness (QED) is 0.538. The average Bonchev–Trinajstić information content (AvgIpc) is 3.21. The van der Waals surface area contributed by atoms with Gasteiger partial charge in [-0.15, -0.1) is 0 Å². The monoisotopic (exact) mass is 483 g/mol. The van der Waals surface area contributed by atoms with Crippen molar-refractivity contribution in [1.29, 1.82) is 0 Å². The molecule has 9 heteroatoms. The maximum atomic E-state index is 13.0. The molecule has 0 atom stereocenters. The third kappa shape index (κ3) is 4.65. The number of benzene rings is 2. The summed E-state index contributed by atoms with van der Waals surface area (Å²) in [6.07, 6.45) is -2.58. The summed E-state index contributed by atoms with van der Waals surface area (Å²) in [5.41, 5.74) is 3.89. The molecule has 35 heavy (non-hydrogen) atoms. The molecule has 5 rings (SSSR count). The van der Waals surface area contributed by atoms with Crippen LogP contribution in [0.15, 0.2) is 48.5 Å². The number of aryl methyl sites for hydroxylation is 1. The van der Waals surface area contributed by atoms with Crippen molar-refractivity contribution in [3.8, 4) is 11.4 Å². The van der Waals surface area contributed by atoms with E-state index in [-0.39, 0.29) is 12.1 Å². The van der Waals surface area contributed by atoms with Crippen molar-refractivity contribution in [2.45, 2.75) is 45.1 Å². The Morgan fingerprint density at radius 2 is 1.74 bits per heavy atom. The fraction of sp³-hybridized carbons (Fsp3) is 0.385. The number of aromatic amines is 1. The van der Waals surface area contributed by atoms with E-state index in [4.69, 9.17) is 0 Å². The van der Waals surface area contributed by atoms with E-state index in [9.17, 15) is 18.0 Å². The lowest BCUT2D eigenvalue weighted by Crippen LogP contribution is -2.53. The number of hydrogen-bond donors (Lipinski definition) is 1. The Kier molecular flexibility index (Phi) is 6.04.